The van der Waals surface area contributed by atoms with Crippen molar-refractivity contribution in [3.8, 4) is 0 Å². The summed E-state index contributed by atoms with van der Waals surface area (Å²) in [6.45, 7) is 11.9. The van der Waals surface area contributed by atoms with Crippen molar-refractivity contribution in [2.75, 3.05) is 0 Å². The van der Waals surface area contributed by atoms with Gasteiger partial charge in [0.05, 0.1) is 0 Å². The normalized spacial score (nSPS) is 14.1. The third kappa shape index (κ3) is 7.83. The van der Waals surface area contributed by atoms with Crippen LogP contribution in [-0.4, -0.2) is 39.5 Å². The van der Waals surface area contributed by atoms with Gasteiger partial charge in [0.25, 0.3) is 0 Å². The summed E-state index contributed by atoms with van der Waals surface area (Å²) >= 11 is 1.85. The van der Waals surface area contributed by atoms with E-state index in [1.165, 1.54) is 73.1 Å². The molecule has 0 amide bonds. The Morgan fingerprint density at radius 2 is 1.20 bits per heavy atom. The van der Waals surface area contributed by atoms with Crippen molar-refractivity contribution in [2.45, 2.75) is 123 Å². The van der Waals surface area contributed by atoms with Crippen LogP contribution >= 0.6 is 22.7 Å². The molecule has 0 N–H and O–H groups in total. The minimum absolute atomic E-state index is 0.268. The Hall–Kier alpha value is 0.217. The number of rotatable bonds is 16. The van der Waals surface area contributed by atoms with E-state index in [-0.39, 0.29) is 21.1 Å². The SMILES string of the molecule is CCCCC(CC)Cc1cc2c(cc1CC(CC)CCCC)c1c[c]([Sn]([CH3])([CH3])[CH3])sc1c1sc([CH2][Sn][CH2]C)cc21. The predicted molar refractivity (Wildman–Crippen MR) is 192 cm³/mol. The second kappa shape index (κ2) is 15.3. The van der Waals surface area contributed by atoms with Crippen LogP contribution < -0.4 is 2.89 Å². The molecule has 2 heterocycles. The molecule has 4 rings (SSSR count). The zero-order valence-corrected chi connectivity index (χ0v) is 34.1. The third-order valence-corrected chi connectivity index (χ3v) is 24.9. The Morgan fingerprint density at radius 1 is 0.675 bits per heavy atom. The molecule has 0 spiro atoms. The average molecular weight is 788 g/mol. The van der Waals surface area contributed by atoms with Crippen LogP contribution in [0.2, 0.25) is 19.3 Å². The molecular formula is C36H54S2Sn2. The maximum absolute atomic E-state index is 2.71. The van der Waals surface area contributed by atoms with Crippen molar-refractivity contribution in [3.05, 3.63) is 40.3 Å². The summed E-state index contributed by atoms with van der Waals surface area (Å²) in [6.07, 6.45) is 13.2. The first-order chi connectivity index (χ1) is 19.2. The van der Waals surface area contributed by atoms with Gasteiger partial charge < -0.3 is 0 Å². The molecule has 0 saturated carbocycles. The molecule has 2 aromatic carbocycles. The maximum atomic E-state index is 2.71. The summed E-state index contributed by atoms with van der Waals surface area (Å²) in [5, 5.41) is 6.27. The van der Waals surface area contributed by atoms with Gasteiger partial charge in [0.1, 0.15) is 0 Å². The van der Waals surface area contributed by atoms with Gasteiger partial charge in [0.2, 0.25) is 0 Å². The van der Waals surface area contributed by atoms with Crippen LogP contribution in [0.15, 0.2) is 24.3 Å². The van der Waals surface area contributed by atoms with E-state index in [1.807, 2.05) is 0 Å². The summed E-state index contributed by atoms with van der Waals surface area (Å²) in [4.78, 5) is 9.45. The van der Waals surface area contributed by atoms with Gasteiger partial charge in [-0.05, 0) is 0 Å². The molecule has 0 fully saturated rings. The third-order valence-electron chi connectivity index (χ3n) is 9.03. The van der Waals surface area contributed by atoms with E-state index < -0.39 is 18.4 Å². The Kier molecular flexibility index (Phi) is 12.7. The molecule has 218 valence electrons. The van der Waals surface area contributed by atoms with Gasteiger partial charge in [0, 0.05) is 0 Å². The van der Waals surface area contributed by atoms with Gasteiger partial charge in [-0.2, -0.15) is 0 Å². The standard InChI is InChI=1S/C31H40S2.C2H5.3CH3.2Sn/c1-6-10-12-22(8-3)17-24-19-27-26-14-15-32-30(26)31-29(16-21(5)33-31)28(27)20-25(24)18-23(9-4)13-11-7-2;1-2;;;;;/h14,16,19-20,22-23H,5-13,17-18H2,1-4H3;1H2,2H3;3*1H3;;. The Morgan fingerprint density at radius 3 is 1.68 bits per heavy atom. The number of thiophene rings is 2. The van der Waals surface area contributed by atoms with Crippen molar-refractivity contribution in [3.63, 3.8) is 0 Å². The summed E-state index contributed by atoms with van der Waals surface area (Å²) < 4.78 is 7.78. The molecule has 0 aliphatic heterocycles. The van der Waals surface area contributed by atoms with E-state index in [9.17, 15) is 0 Å². The van der Waals surface area contributed by atoms with E-state index in [4.69, 9.17) is 0 Å². The number of unbranched alkanes of at least 4 members (excludes halogenated alkanes) is 2. The molecule has 0 aliphatic carbocycles. The molecule has 0 bridgehead atoms. The van der Waals surface area contributed by atoms with Crippen molar-refractivity contribution >= 4 is 96.0 Å². The van der Waals surface area contributed by atoms with Crippen LogP contribution in [0, 0.1) is 11.8 Å². The monoisotopic (exact) mass is 790 g/mol. The fourth-order valence-electron chi connectivity index (χ4n) is 6.30. The van der Waals surface area contributed by atoms with Gasteiger partial charge in [-0.3, -0.25) is 0 Å². The molecule has 2 radical (unpaired) electrons. The topological polar surface area (TPSA) is 0 Å². The molecule has 0 saturated heterocycles. The van der Waals surface area contributed by atoms with E-state index in [2.05, 4.69) is 96.4 Å². The molecule has 4 aromatic rings. The molecule has 2 aromatic heterocycles. The molecule has 4 heteroatoms. The van der Waals surface area contributed by atoms with Gasteiger partial charge >= 0.3 is 264 Å². The van der Waals surface area contributed by atoms with Crippen LogP contribution in [0.4, 0.5) is 0 Å². The quantitative estimate of drug-likeness (QED) is 0.0992. The molecule has 0 aliphatic rings. The molecule has 40 heavy (non-hydrogen) atoms. The second-order valence-corrected chi connectivity index (χ2v) is 35.3. The number of benzene rings is 2. The summed E-state index contributed by atoms with van der Waals surface area (Å²) in [6, 6.07) is 10.7. The summed E-state index contributed by atoms with van der Waals surface area (Å²) in [7, 11) is 0. The summed E-state index contributed by atoms with van der Waals surface area (Å²) in [5.74, 6) is 1.62. The van der Waals surface area contributed by atoms with Crippen molar-refractivity contribution in [1.82, 2.24) is 0 Å². The van der Waals surface area contributed by atoms with E-state index in [1.54, 1.807) is 49.8 Å². The Bertz CT molecular complexity index is 1390. The first kappa shape index (κ1) is 33.1. The fourth-order valence-corrected chi connectivity index (χ4v) is 16.9. The molecular weight excluding hydrogens is 734 g/mol. The second-order valence-electron chi connectivity index (χ2n) is 13.2. The average Bonchev–Trinajstić information content (AvgIpc) is 3.57. The van der Waals surface area contributed by atoms with E-state index in [0.717, 1.165) is 11.8 Å². The van der Waals surface area contributed by atoms with Crippen LogP contribution in [0.3, 0.4) is 0 Å². The van der Waals surface area contributed by atoms with Gasteiger partial charge in [0.15, 0.2) is 0 Å². The fraction of sp³-hybridized carbons (Fsp3) is 0.611. The zero-order valence-electron chi connectivity index (χ0n) is 26.8. The minimum atomic E-state index is -2.19. The van der Waals surface area contributed by atoms with Gasteiger partial charge in [-0.1, -0.05) is 6.92 Å². The first-order valence-electron chi connectivity index (χ1n) is 16.4. The van der Waals surface area contributed by atoms with Gasteiger partial charge in [-0.15, -0.1) is 0 Å². The summed E-state index contributed by atoms with van der Waals surface area (Å²) in [5.41, 5.74) is 3.35. The van der Waals surface area contributed by atoms with Crippen LogP contribution in [0.5, 0.6) is 0 Å². The molecule has 0 nitrogen and oxygen atoms in total. The Labute approximate surface area is 268 Å². The van der Waals surface area contributed by atoms with Crippen LogP contribution in [0.25, 0.3) is 30.9 Å². The predicted octanol–water partition coefficient (Wildman–Crippen LogP) is 12.0. The van der Waals surface area contributed by atoms with Crippen molar-refractivity contribution in [2.24, 2.45) is 11.8 Å². The molecule has 2 unspecified atom stereocenters. The van der Waals surface area contributed by atoms with Crippen molar-refractivity contribution < 1.29 is 0 Å². The van der Waals surface area contributed by atoms with Crippen molar-refractivity contribution in [1.29, 1.82) is 0 Å². The number of fused-ring (bicyclic) bond motifs is 6. The zero-order chi connectivity index (χ0) is 28.9. The molecule has 2 atom stereocenters. The first-order valence-corrected chi connectivity index (χ1v) is 32.0. The van der Waals surface area contributed by atoms with E-state index in [0.29, 0.717) is 0 Å². The van der Waals surface area contributed by atoms with Gasteiger partial charge in [-0.25, -0.2) is 0 Å². The number of hydrogen-bond donors (Lipinski definition) is 0. The van der Waals surface area contributed by atoms with E-state index >= 15 is 0 Å². The number of hydrogen-bond acceptors (Lipinski definition) is 2. The Balaban J connectivity index is 1.97. The van der Waals surface area contributed by atoms with Crippen LogP contribution in [0.1, 0.15) is 102 Å². The van der Waals surface area contributed by atoms with Crippen LogP contribution in [-0.2, 0) is 17.3 Å².